The van der Waals surface area contributed by atoms with Gasteiger partial charge in [-0.2, -0.15) is 15.0 Å². The molecule has 4 aromatic rings. The normalized spacial score (nSPS) is 15.1. The highest BCUT2D eigenvalue weighted by molar-refractivity contribution is 5.77. The number of hydrogen-bond donors (Lipinski definition) is 1. The zero-order chi connectivity index (χ0) is 25.2. The lowest BCUT2D eigenvalue weighted by atomic mass is 9.94. The van der Waals surface area contributed by atoms with Crippen molar-refractivity contribution in [2.24, 2.45) is 0 Å². The number of alkyl halides is 2. The Morgan fingerprint density at radius 2 is 1.94 bits per heavy atom. The Kier molecular flexibility index (Phi) is 6.56. The summed E-state index contributed by atoms with van der Waals surface area (Å²) >= 11 is 0. The summed E-state index contributed by atoms with van der Waals surface area (Å²) in [5, 5.41) is 26.5. The molecule has 10 nitrogen and oxygen atoms in total. The number of nitrogens with zero attached hydrogens (tertiary/aromatic N) is 9. The zero-order valence-corrected chi connectivity index (χ0v) is 20.0. The van der Waals surface area contributed by atoms with Crippen LogP contribution in [-0.2, 0) is 0 Å². The van der Waals surface area contributed by atoms with Gasteiger partial charge in [-0.25, -0.2) is 23.4 Å². The molecular weight excluding hydrogens is 466 g/mol. The number of halogens is 2. The van der Waals surface area contributed by atoms with Crippen LogP contribution in [0.3, 0.4) is 0 Å². The van der Waals surface area contributed by atoms with Crippen molar-refractivity contribution in [3.05, 3.63) is 48.2 Å². The van der Waals surface area contributed by atoms with Crippen molar-refractivity contribution in [3.63, 3.8) is 0 Å². The largest absolute Gasteiger partial charge is 0.381 e. The van der Waals surface area contributed by atoms with E-state index in [-0.39, 0.29) is 18.5 Å². The molecule has 0 atom stereocenters. The van der Waals surface area contributed by atoms with Crippen LogP contribution in [0, 0.1) is 11.3 Å². The van der Waals surface area contributed by atoms with Crippen molar-refractivity contribution in [2.75, 3.05) is 25.0 Å². The standard InChI is InChI=1S/C24H26F2N10/c1-15(2)31-19-8-23(36-24-18(11-30-36)7-16(9-27)10-29-24)28-12-21(19)35-13-20(32-33-35)17-3-5-34(6-4-17)14-22(25)26/h7-8,10-13,15,17,22H,3-6,14H2,1-2H3,(H,28,31). The van der Waals surface area contributed by atoms with Crippen LogP contribution in [0.2, 0.25) is 0 Å². The third-order valence-corrected chi connectivity index (χ3v) is 6.23. The van der Waals surface area contributed by atoms with Gasteiger partial charge in [-0.3, -0.25) is 4.90 Å². The molecule has 1 saturated heterocycles. The molecule has 5 heterocycles. The molecule has 0 unspecified atom stereocenters. The fourth-order valence-corrected chi connectivity index (χ4v) is 4.50. The van der Waals surface area contributed by atoms with E-state index in [9.17, 15) is 8.78 Å². The van der Waals surface area contributed by atoms with Crippen LogP contribution in [0.4, 0.5) is 14.5 Å². The van der Waals surface area contributed by atoms with E-state index in [1.165, 1.54) is 6.20 Å². The molecule has 0 spiro atoms. The lowest BCUT2D eigenvalue weighted by Crippen LogP contribution is -2.36. The predicted octanol–water partition coefficient (Wildman–Crippen LogP) is 3.53. The van der Waals surface area contributed by atoms with E-state index in [1.807, 2.05) is 26.1 Å². The van der Waals surface area contributed by atoms with Crippen molar-refractivity contribution < 1.29 is 8.78 Å². The molecule has 0 bridgehead atoms. The number of pyridine rings is 2. The van der Waals surface area contributed by atoms with E-state index >= 15 is 0 Å². The number of nitriles is 1. The van der Waals surface area contributed by atoms with Gasteiger partial charge in [-0.1, -0.05) is 5.21 Å². The predicted molar refractivity (Wildman–Crippen MR) is 129 cm³/mol. The minimum absolute atomic E-state index is 0.145. The highest BCUT2D eigenvalue weighted by Crippen LogP contribution is 2.29. The van der Waals surface area contributed by atoms with Gasteiger partial charge in [0.15, 0.2) is 11.5 Å². The number of aromatic nitrogens is 7. The summed E-state index contributed by atoms with van der Waals surface area (Å²) in [6.07, 6.45) is 6.00. The number of piperidine rings is 1. The lowest BCUT2D eigenvalue weighted by Gasteiger charge is -2.30. The molecular formula is C24H26F2N10. The minimum atomic E-state index is -2.31. The van der Waals surface area contributed by atoms with Crippen molar-refractivity contribution in [2.45, 2.75) is 45.1 Å². The van der Waals surface area contributed by atoms with Gasteiger partial charge in [-0.05, 0) is 45.8 Å². The molecule has 0 saturated carbocycles. The average Bonchev–Trinajstić information content (AvgIpc) is 3.51. The van der Waals surface area contributed by atoms with Crippen LogP contribution in [0.1, 0.15) is 43.9 Å². The first-order valence-electron chi connectivity index (χ1n) is 11.8. The molecule has 186 valence electrons. The van der Waals surface area contributed by atoms with Crippen molar-refractivity contribution in [3.8, 4) is 17.6 Å². The van der Waals surface area contributed by atoms with Gasteiger partial charge in [0.1, 0.15) is 11.8 Å². The van der Waals surface area contributed by atoms with E-state index in [0.29, 0.717) is 30.1 Å². The molecule has 12 heteroatoms. The van der Waals surface area contributed by atoms with Gasteiger partial charge in [0.2, 0.25) is 0 Å². The van der Waals surface area contributed by atoms with E-state index in [4.69, 9.17) is 5.26 Å². The first-order chi connectivity index (χ1) is 17.4. The molecule has 0 radical (unpaired) electrons. The number of rotatable bonds is 7. The van der Waals surface area contributed by atoms with Gasteiger partial charge in [0.05, 0.1) is 42.1 Å². The molecule has 1 fully saturated rings. The second kappa shape index (κ2) is 9.94. The number of hydrogen-bond acceptors (Lipinski definition) is 8. The van der Waals surface area contributed by atoms with E-state index in [0.717, 1.165) is 35.3 Å². The van der Waals surface area contributed by atoms with Crippen LogP contribution in [0.25, 0.3) is 22.5 Å². The average molecular weight is 493 g/mol. The smallest absolute Gasteiger partial charge is 0.251 e. The Labute approximate surface area is 206 Å². The zero-order valence-electron chi connectivity index (χ0n) is 20.0. The third kappa shape index (κ3) is 4.87. The van der Waals surface area contributed by atoms with Gasteiger partial charge in [0.25, 0.3) is 6.43 Å². The summed E-state index contributed by atoms with van der Waals surface area (Å²) < 4.78 is 28.7. The fraction of sp³-hybridized carbons (Fsp3) is 0.417. The Bertz CT molecular complexity index is 1400. The summed E-state index contributed by atoms with van der Waals surface area (Å²) in [6.45, 7) is 5.15. The molecule has 0 amide bonds. The van der Waals surface area contributed by atoms with Crippen LogP contribution in [-0.4, -0.2) is 71.7 Å². The third-order valence-electron chi connectivity index (χ3n) is 6.23. The number of likely N-dealkylation sites (tertiary alicyclic amines) is 1. The SMILES string of the molecule is CC(C)Nc1cc(-n2ncc3cc(C#N)cnc32)ncc1-n1cc(C2CCN(CC(F)F)CC2)nn1. The van der Waals surface area contributed by atoms with E-state index < -0.39 is 6.43 Å². The van der Waals surface area contributed by atoms with Crippen molar-refractivity contribution >= 4 is 16.7 Å². The maximum atomic E-state index is 12.7. The molecule has 0 aliphatic carbocycles. The first kappa shape index (κ1) is 23.7. The number of fused-ring (bicyclic) bond motifs is 1. The van der Waals surface area contributed by atoms with Crippen molar-refractivity contribution in [1.29, 1.82) is 5.26 Å². The molecule has 5 rings (SSSR count). The maximum Gasteiger partial charge on any atom is 0.251 e. The lowest BCUT2D eigenvalue weighted by molar-refractivity contribution is 0.0752. The second-order valence-electron chi connectivity index (χ2n) is 9.22. The van der Waals surface area contributed by atoms with E-state index in [1.54, 1.807) is 32.7 Å². The number of anilines is 1. The van der Waals surface area contributed by atoms with Gasteiger partial charge < -0.3 is 5.32 Å². The van der Waals surface area contributed by atoms with Crippen LogP contribution < -0.4 is 5.32 Å². The minimum Gasteiger partial charge on any atom is -0.381 e. The molecule has 1 aliphatic rings. The number of nitrogens with one attached hydrogen (secondary N) is 1. The van der Waals surface area contributed by atoms with Crippen LogP contribution in [0.15, 0.2) is 36.9 Å². The monoisotopic (exact) mass is 492 g/mol. The molecule has 4 aromatic heterocycles. The molecule has 36 heavy (non-hydrogen) atoms. The summed E-state index contributed by atoms with van der Waals surface area (Å²) in [5.74, 6) is 0.752. The molecule has 1 aliphatic heterocycles. The highest BCUT2D eigenvalue weighted by atomic mass is 19.3. The first-order valence-corrected chi connectivity index (χ1v) is 11.8. The summed E-state index contributed by atoms with van der Waals surface area (Å²) in [5.41, 5.74) is 3.45. The Hall–Kier alpha value is -3.98. The Morgan fingerprint density at radius 1 is 1.14 bits per heavy atom. The summed E-state index contributed by atoms with van der Waals surface area (Å²) in [7, 11) is 0. The van der Waals surface area contributed by atoms with Crippen LogP contribution in [0.5, 0.6) is 0 Å². The van der Waals surface area contributed by atoms with Crippen molar-refractivity contribution in [1.82, 2.24) is 39.6 Å². The van der Waals surface area contributed by atoms with Crippen LogP contribution >= 0.6 is 0 Å². The quantitative estimate of drug-likeness (QED) is 0.417. The molecule has 0 aromatic carbocycles. The van der Waals surface area contributed by atoms with Gasteiger partial charge in [0, 0.05) is 29.6 Å². The topological polar surface area (TPSA) is 113 Å². The van der Waals surface area contributed by atoms with E-state index in [2.05, 4.69) is 36.8 Å². The second-order valence-corrected chi connectivity index (χ2v) is 9.22. The summed E-state index contributed by atoms with van der Waals surface area (Å²) in [4.78, 5) is 10.8. The Balaban J connectivity index is 1.42. The van der Waals surface area contributed by atoms with Gasteiger partial charge >= 0.3 is 0 Å². The van der Waals surface area contributed by atoms with Gasteiger partial charge in [-0.15, -0.1) is 5.10 Å². The fourth-order valence-electron chi connectivity index (χ4n) is 4.50. The Morgan fingerprint density at radius 3 is 2.67 bits per heavy atom. The highest BCUT2D eigenvalue weighted by Gasteiger charge is 2.25. The summed E-state index contributed by atoms with van der Waals surface area (Å²) in [6, 6.07) is 5.85. The molecule has 1 N–H and O–H groups in total. The maximum absolute atomic E-state index is 12.7.